The first-order valence-corrected chi connectivity index (χ1v) is 6.64. The molecule has 0 bridgehead atoms. The summed E-state index contributed by atoms with van der Waals surface area (Å²) in [5.41, 5.74) is 0.989. The van der Waals surface area contributed by atoms with Crippen LogP contribution in [0.4, 0.5) is 5.13 Å². The van der Waals surface area contributed by atoms with Crippen molar-refractivity contribution in [2.45, 2.75) is 26.2 Å². The van der Waals surface area contributed by atoms with Crippen molar-refractivity contribution in [3.63, 3.8) is 0 Å². The Morgan fingerprint density at radius 2 is 2.00 bits per heavy atom. The number of nitrogens with zero attached hydrogens (tertiary/aromatic N) is 2. The van der Waals surface area contributed by atoms with Gasteiger partial charge in [0.2, 0.25) is 11.0 Å². The van der Waals surface area contributed by atoms with Gasteiger partial charge >= 0.3 is 0 Å². The highest BCUT2D eigenvalue weighted by Gasteiger charge is 2.10. The third-order valence-electron chi connectivity index (χ3n) is 2.39. The Kier molecular flexibility index (Phi) is 4.04. The summed E-state index contributed by atoms with van der Waals surface area (Å²) in [6.45, 7) is 4.10. The molecule has 1 N–H and O–H groups in total. The van der Waals surface area contributed by atoms with Gasteiger partial charge in [-0.15, -0.1) is 10.2 Å². The highest BCUT2D eigenvalue weighted by molar-refractivity contribution is 7.15. The lowest BCUT2D eigenvalue weighted by Gasteiger charge is -2.01. The monoisotopic (exact) mass is 261 g/mol. The number of anilines is 1. The summed E-state index contributed by atoms with van der Waals surface area (Å²) in [6, 6.07) is 9.63. The van der Waals surface area contributed by atoms with Crippen molar-refractivity contribution >= 4 is 22.4 Å². The first kappa shape index (κ1) is 12.7. The molecule has 0 spiro atoms. The molecule has 2 aromatic rings. The van der Waals surface area contributed by atoms with Crippen LogP contribution in [0.3, 0.4) is 0 Å². The summed E-state index contributed by atoms with van der Waals surface area (Å²) >= 11 is 1.43. The molecule has 94 valence electrons. The maximum atomic E-state index is 11.8. The van der Waals surface area contributed by atoms with Gasteiger partial charge in [0, 0.05) is 5.92 Å². The Bertz CT molecular complexity index is 522. The smallest absolute Gasteiger partial charge is 0.230 e. The Hall–Kier alpha value is -1.75. The summed E-state index contributed by atoms with van der Waals surface area (Å²) < 4.78 is 0. The van der Waals surface area contributed by atoms with E-state index in [2.05, 4.69) is 29.4 Å². The zero-order valence-electron chi connectivity index (χ0n) is 10.4. The van der Waals surface area contributed by atoms with Crippen LogP contribution >= 0.6 is 11.3 Å². The highest BCUT2D eigenvalue weighted by Crippen LogP contribution is 2.22. The van der Waals surface area contributed by atoms with Crippen molar-refractivity contribution in [2.24, 2.45) is 0 Å². The zero-order valence-corrected chi connectivity index (χ0v) is 11.2. The number of hydrogen-bond donors (Lipinski definition) is 1. The van der Waals surface area contributed by atoms with Gasteiger partial charge in [0.05, 0.1) is 6.42 Å². The van der Waals surface area contributed by atoms with Crippen molar-refractivity contribution in [3.8, 4) is 0 Å². The molecule has 5 heteroatoms. The van der Waals surface area contributed by atoms with Crippen LogP contribution in [0.25, 0.3) is 0 Å². The van der Waals surface area contributed by atoms with Crippen LogP contribution in [0.2, 0.25) is 0 Å². The van der Waals surface area contributed by atoms with E-state index in [1.165, 1.54) is 11.3 Å². The van der Waals surface area contributed by atoms with Crippen molar-refractivity contribution < 1.29 is 4.79 Å². The molecule has 0 atom stereocenters. The van der Waals surface area contributed by atoms with E-state index in [1.54, 1.807) is 0 Å². The Morgan fingerprint density at radius 3 is 2.61 bits per heavy atom. The summed E-state index contributed by atoms with van der Waals surface area (Å²) in [4.78, 5) is 11.8. The lowest BCUT2D eigenvalue weighted by atomic mass is 10.1. The maximum Gasteiger partial charge on any atom is 0.230 e. The fourth-order valence-electron chi connectivity index (χ4n) is 1.46. The molecule has 1 amide bonds. The summed E-state index contributed by atoms with van der Waals surface area (Å²) in [5.74, 6) is 0.273. The third kappa shape index (κ3) is 3.37. The molecule has 2 rings (SSSR count). The third-order valence-corrected chi connectivity index (χ3v) is 3.53. The number of aromatic nitrogens is 2. The molecule has 18 heavy (non-hydrogen) atoms. The Labute approximate surface area is 110 Å². The molecule has 0 unspecified atom stereocenters. The van der Waals surface area contributed by atoms with E-state index >= 15 is 0 Å². The molecule has 0 aliphatic heterocycles. The number of rotatable bonds is 4. The second-order valence-electron chi connectivity index (χ2n) is 4.31. The van der Waals surface area contributed by atoms with Gasteiger partial charge in [0.25, 0.3) is 0 Å². The van der Waals surface area contributed by atoms with E-state index in [1.807, 2.05) is 30.3 Å². The van der Waals surface area contributed by atoms with E-state index in [0.29, 0.717) is 17.5 Å². The van der Waals surface area contributed by atoms with Gasteiger partial charge in [0.15, 0.2) is 0 Å². The molecule has 1 aromatic carbocycles. The normalized spacial score (nSPS) is 10.6. The van der Waals surface area contributed by atoms with Gasteiger partial charge in [-0.3, -0.25) is 4.79 Å². The molecule has 0 saturated carbocycles. The van der Waals surface area contributed by atoms with Gasteiger partial charge in [-0.2, -0.15) is 0 Å². The van der Waals surface area contributed by atoms with Crippen LogP contribution in [-0.2, 0) is 11.2 Å². The molecule has 0 radical (unpaired) electrons. The van der Waals surface area contributed by atoms with Crippen LogP contribution in [0.1, 0.15) is 30.3 Å². The van der Waals surface area contributed by atoms with Crippen LogP contribution < -0.4 is 5.32 Å². The molecular formula is C13H15N3OS. The Morgan fingerprint density at radius 1 is 1.28 bits per heavy atom. The quantitative estimate of drug-likeness (QED) is 0.920. The van der Waals surface area contributed by atoms with E-state index < -0.39 is 0 Å². The van der Waals surface area contributed by atoms with Gasteiger partial charge in [0.1, 0.15) is 5.01 Å². The maximum absolute atomic E-state index is 11.8. The van der Waals surface area contributed by atoms with Crippen molar-refractivity contribution in [1.29, 1.82) is 0 Å². The zero-order chi connectivity index (χ0) is 13.0. The average Bonchev–Trinajstić information content (AvgIpc) is 2.78. The highest BCUT2D eigenvalue weighted by atomic mass is 32.1. The van der Waals surface area contributed by atoms with Crippen molar-refractivity contribution in [2.75, 3.05) is 5.32 Å². The molecule has 0 fully saturated rings. The number of carbonyl (C=O) groups is 1. The first-order valence-electron chi connectivity index (χ1n) is 5.82. The van der Waals surface area contributed by atoms with E-state index in [0.717, 1.165) is 10.6 Å². The van der Waals surface area contributed by atoms with E-state index in [9.17, 15) is 4.79 Å². The topological polar surface area (TPSA) is 54.9 Å². The lowest BCUT2D eigenvalue weighted by Crippen LogP contribution is -2.14. The van der Waals surface area contributed by atoms with Gasteiger partial charge in [-0.25, -0.2) is 0 Å². The molecule has 0 saturated heterocycles. The van der Waals surface area contributed by atoms with Gasteiger partial charge in [-0.1, -0.05) is 55.5 Å². The number of benzene rings is 1. The SMILES string of the molecule is CC(C)c1nnc(NC(=O)Cc2ccccc2)s1. The summed E-state index contributed by atoms with van der Waals surface area (Å²) in [5, 5.41) is 12.3. The second kappa shape index (κ2) is 5.73. The van der Waals surface area contributed by atoms with Crippen LogP contribution in [0, 0.1) is 0 Å². The molecule has 0 aliphatic rings. The van der Waals surface area contributed by atoms with Crippen LogP contribution in [0.15, 0.2) is 30.3 Å². The predicted molar refractivity (Wildman–Crippen MR) is 72.8 cm³/mol. The number of nitrogens with one attached hydrogen (secondary N) is 1. The van der Waals surface area contributed by atoms with E-state index in [-0.39, 0.29) is 5.91 Å². The van der Waals surface area contributed by atoms with Gasteiger partial charge < -0.3 is 5.32 Å². The van der Waals surface area contributed by atoms with Crippen LogP contribution in [-0.4, -0.2) is 16.1 Å². The number of carbonyl (C=O) groups excluding carboxylic acids is 1. The standard InChI is InChI=1S/C13H15N3OS/c1-9(2)12-15-16-13(18-12)14-11(17)8-10-6-4-3-5-7-10/h3-7,9H,8H2,1-2H3,(H,14,16,17). The minimum atomic E-state index is -0.0624. The first-order chi connectivity index (χ1) is 8.65. The summed E-state index contributed by atoms with van der Waals surface area (Å²) in [7, 11) is 0. The minimum absolute atomic E-state index is 0.0624. The largest absolute Gasteiger partial charge is 0.300 e. The molecular weight excluding hydrogens is 246 g/mol. The molecule has 1 heterocycles. The van der Waals surface area contributed by atoms with E-state index in [4.69, 9.17) is 0 Å². The molecule has 1 aromatic heterocycles. The average molecular weight is 261 g/mol. The fraction of sp³-hybridized carbons (Fsp3) is 0.308. The molecule has 0 aliphatic carbocycles. The Balaban J connectivity index is 1.95. The number of amides is 1. The summed E-state index contributed by atoms with van der Waals surface area (Å²) in [6.07, 6.45) is 0.359. The van der Waals surface area contributed by atoms with Gasteiger partial charge in [-0.05, 0) is 5.56 Å². The predicted octanol–water partition coefficient (Wildman–Crippen LogP) is 2.84. The lowest BCUT2D eigenvalue weighted by molar-refractivity contribution is -0.115. The number of hydrogen-bond acceptors (Lipinski definition) is 4. The minimum Gasteiger partial charge on any atom is -0.300 e. The molecule has 4 nitrogen and oxygen atoms in total. The second-order valence-corrected chi connectivity index (χ2v) is 5.32. The fourth-order valence-corrected chi connectivity index (χ4v) is 2.23. The van der Waals surface area contributed by atoms with Crippen LogP contribution in [0.5, 0.6) is 0 Å². The van der Waals surface area contributed by atoms with Crippen molar-refractivity contribution in [1.82, 2.24) is 10.2 Å². The van der Waals surface area contributed by atoms with Crippen molar-refractivity contribution in [3.05, 3.63) is 40.9 Å².